The fourth-order valence-electron chi connectivity index (χ4n) is 1.04. The van der Waals surface area contributed by atoms with Crippen molar-refractivity contribution in [2.45, 2.75) is 39.1 Å². The Hall–Kier alpha value is -2.00. The van der Waals surface area contributed by atoms with E-state index in [1.54, 1.807) is 20.8 Å². The molecule has 1 aromatic heterocycles. The van der Waals surface area contributed by atoms with Crippen molar-refractivity contribution < 1.29 is 22.7 Å². The zero-order valence-corrected chi connectivity index (χ0v) is 11.4. The van der Waals surface area contributed by atoms with E-state index >= 15 is 0 Å². The Morgan fingerprint density at radius 1 is 1.15 bits per heavy atom. The molecule has 0 saturated carbocycles. The third-order valence-corrected chi connectivity index (χ3v) is 1.86. The van der Waals surface area contributed by atoms with Crippen molar-refractivity contribution in [3.8, 4) is 0 Å². The van der Waals surface area contributed by atoms with Gasteiger partial charge >= 0.3 is 12.3 Å². The molecule has 0 radical (unpaired) electrons. The first-order valence-corrected chi connectivity index (χ1v) is 5.56. The Bertz CT molecular complexity index is 469. The quantitative estimate of drug-likeness (QED) is 0.824. The molecular weight excluding hydrogens is 279 g/mol. The van der Waals surface area contributed by atoms with E-state index in [0.717, 1.165) is 4.90 Å². The number of hydrogen-bond donors (Lipinski definition) is 0. The minimum Gasteiger partial charge on any atom is -0.444 e. The van der Waals surface area contributed by atoms with Gasteiger partial charge in [-0.05, 0) is 20.8 Å². The summed E-state index contributed by atoms with van der Waals surface area (Å²) in [5.74, 6) is -1.55. The van der Waals surface area contributed by atoms with Crippen LogP contribution in [0.1, 0.15) is 32.4 Å². The summed E-state index contributed by atoms with van der Waals surface area (Å²) >= 11 is 0. The largest absolute Gasteiger partial charge is 0.455 e. The van der Waals surface area contributed by atoms with Crippen molar-refractivity contribution in [3.63, 3.8) is 0 Å². The summed E-state index contributed by atoms with van der Waals surface area (Å²) < 4.78 is 41.7. The van der Waals surface area contributed by atoms with E-state index in [9.17, 15) is 18.0 Å². The summed E-state index contributed by atoms with van der Waals surface area (Å²) in [4.78, 5) is 12.7. The van der Waals surface area contributed by atoms with E-state index < -0.39 is 23.7 Å². The number of nitrogens with zero attached hydrogens (tertiary/aromatic N) is 5. The highest BCUT2D eigenvalue weighted by molar-refractivity contribution is 5.67. The van der Waals surface area contributed by atoms with E-state index in [-0.39, 0.29) is 12.4 Å². The molecule has 0 bridgehead atoms. The maximum absolute atomic E-state index is 12.2. The highest BCUT2D eigenvalue weighted by Crippen LogP contribution is 2.24. The molecule has 0 unspecified atom stereocenters. The molecule has 0 N–H and O–H groups in total. The summed E-state index contributed by atoms with van der Waals surface area (Å²) in [5.41, 5.74) is -0.678. The molecule has 1 heterocycles. The lowest BCUT2D eigenvalue weighted by molar-refractivity contribution is -0.146. The number of halogens is 3. The molecule has 0 fully saturated rings. The highest BCUT2D eigenvalue weighted by Gasteiger charge is 2.36. The molecular formula is C10H14F3N5O2. The fourth-order valence-corrected chi connectivity index (χ4v) is 1.04. The molecule has 10 heteroatoms. The molecule has 0 spiro atoms. The molecule has 112 valence electrons. The van der Waals surface area contributed by atoms with Gasteiger partial charge in [-0.15, -0.1) is 20.4 Å². The predicted octanol–water partition coefficient (Wildman–Crippen LogP) is 1.65. The van der Waals surface area contributed by atoms with Gasteiger partial charge in [-0.25, -0.2) is 4.79 Å². The topological polar surface area (TPSA) is 81.1 Å². The number of ether oxygens (including phenoxy) is 1. The molecule has 1 rings (SSSR count). The van der Waals surface area contributed by atoms with Gasteiger partial charge in [0.2, 0.25) is 0 Å². The monoisotopic (exact) mass is 293 g/mol. The first-order valence-electron chi connectivity index (χ1n) is 5.56. The van der Waals surface area contributed by atoms with Crippen LogP contribution < -0.4 is 0 Å². The van der Waals surface area contributed by atoms with Crippen LogP contribution in [-0.2, 0) is 17.5 Å². The number of aromatic nitrogens is 4. The lowest BCUT2D eigenvalue weighted by Gasteiger charge is -2.23. The molecule has 7 nitrogen and oxygen atoms in total. The Labute approximate surface area is 113 Å². The molecule has 1 amide bonds. The summed E-state index contributed by atoms with van der Waals surface area (Å²) in [5, 5.41) is 12.4. The van der Waals surface area contributed by atoms with Crippen LogP contribution in [0.3, 0.4) is 0 Å². The maximum atomic E-state index is 12.2. The first-order chi connectivity index (χ1) is 8.99. The second-order valence-electron chi connectivity index (χ2n) is 4.97. The molecule has 20 heavy (non-hydrogen) atoms. The molecule has 0 saturated heterocycles. The van der Waals surface area contributed by atoms with Crippen molar-refractivity contribution in [3.05, 3.63) is 11.6 Å². The van der Waals surface area contributed by atoms with Crippen LogP contribution in [0.2, 0.25) is 0 Å². The van der Waals surface area contributed by atoms with Gasteiger partial charge in [0.05, 0.1) is 6.54 Å². The van der Waals surface area contributed by atoms with E-state index in [4.69, 9.17) is 4.74 Å². The zero-order valence-electron chi connectivity index (χ0n) is 11.4. The minimum absolute atomic E-state index is 0.119. The Morgan fingerprint density at radius 3 is 2.05 bits per heavy atom. The van der Waals surface area contributed by atoms with Crippen molar-refractivity contribution in [1.29, 1.82) is 0 Å². The van der Waals surface area contributed by atoms with Gasteiger partial charge in [-0.2, -0.15) is 13.2 Å². The van der Waals surface area contributed by atoms with E-state index in [1.165, 1.54) is 7.05 Å². The SMILES string of the molecule is CN(Cc1nnc(C(F)(F)F)nn1)C(=O)OC(C)(C)C. The lowest BCUT2D eigenvalue weighted by Crippen LogP contribution is -2.34. The molecule has 1 aromatic rings. The Kier molecular flexibility index (Phi) is 4.46. The number of amides is 1. The van der Waals surface area contributed by atoms with Crippen LogP contribution in [0.25, 0.3) is 0 Å². The average molecular weight is 293 g/mol. The van der Waals surface area contributed by atoms with Gasteiger partial charge in [0.15, 0.2) is 5.82 Å². The molecule has 0 aliphatic heterocycles. The van der Waals surface area contributed by atoms with Gasteiger partial charge in [0.25, 0.3) is 5.82 Å². The summed E-state index contributed by atoms with van der Waals surface area (Å²) in [6.07, 6.45) is -5.35. The van der Waals surface area contributed by atoms with Crippen LogP contribution >= 0.6 is 0 Å². The highest BCUT2D eigenvalue weighted by atomic mass is 19.4. The van der Waals surface area contributed by atoms with Crippen LogP contribution in [0.15, 0.2) is 0 Å². The van der Waals surface area contributed by atoms with Crippen molar-refractivity contribution in [2.75, 3.05) is 7.05 Å². The molecule has 0 atom stereocenters. The second-order valence-corrected chi connectivity index (χ2v) is 4.97. The first kappa shape index (κ1) is 16.1. The molecule has 0 aliphatic rings. The van der Waals surface area contributed by atoms with E-state index in [0.29, 0.717) is 0 Å². The Balaban J connectivity index is 2.67. The lowest BCUT2D eigenvalue weighted by atomic mass is 10.2. The number of carbonyl (C=O) groups is 1. The normalized spacial score (nSPS) is 12.2. The Morgan fingerprint density at radius 2 is 1.65 bits per heavy atom. The standard InChI is InChI=1S/C10H14F3N5O2/c1-9(2,3)20-8(19)18(4)5-6-14-16-7(17-15-6)10(11,12)13/h5H2,1-4H3. The van der Waals surface area contributed by atoms with Gasteiger partial charge in [-0.1, -0.05) is 0 Å². The van der Waals surface area contributed by atoms with Gasteiger partial charge in [-0.3, -0.25) is 0 Å². The van der Waals surface area contributed by atoms with Gasteiger partial charge in [0, 0.05) is 7.05 Å². The summed E-state index contributed by atoms with van der Waals surface area (Å²) in [6, 6.07) is 0. The van der Waals surface area contributed by atoms with Crippen molar-refractivity contribution >= 4 is 6.09 Å². The number of alkyl halides is 3. The number of hydrogen-bond acceptors (Lipinski definition) is 6. The van der Waals surface area contributed by atoms with Crippen LogP contribution in [0.4, 0.5) is 18.0 Å². The minimum atomic E-state index is -4.70. The third kappa shape index (κ3) is 4.94. The van der Waals surface area contributed by atoms with E-state index in [1.807, 2.05) is 0 Å². The van der Waals surface area contributed by atoms with Crippen LogP contribution in [0.5, 0.6) is 0 Å². The predicted molar refractivity (Wildman–Crippen MR) is 60.3 cm³/mol. The maximum Gasteiger partial charge on any atom is 0.455 e. The average Bonchev–Trinajstić information content (AvgIpc) is 2.26. The summed E-state index contributed by atoms with van der Waals surface area (Å²) in [6.45, 7) is 4.91. The third-order valence-electron chi connectivity index (χ3n) is 1.86. The summed E-state index contributed by atoms with van der Waals surface area (Å²) in [7, 11) is 1.40. The number of rotatable bonds is 2. The van der Waals surface area contributed by atoms with Crippen molar-refractivity contribution in [2.24, 2.45) is 0 Å². The second kappa shape index (κ2) is 5.55. The molecule has 0 aromatic carbocycles. The smallest absolute Gasteiger partial charge is 0.444 e. The number of carbonyl (C=O) groups excluding carboxylic acids is 1. The van der Waals surface area contributed by atoms with E-state index in [2.05, 4.69) is 20.4 Å². The zero-order chi connectivity index (χ0) is 15.6. The molecule has 0 aliphatic carbocycles. The van der Waals surface area contributed by atoms with Gasteiger partial charge < -0.3 is 9.64 Å². The fraction of sp³-hybridized carbons (Fsp3) is 0.700. The van der Waals surface area contributed by atoms with Crippen LogP contribution in [-0.4, -0.2) is 44.0 Å². The van der Waals surface area contributed by atoms with Crippen molar-refractivity contribution in [1.82, 2.24) is 25.3 Å². The van der Waals surface area contributed by atoms with Gasteiger partial charge in [0.1, 0.15) is 5.60 Å². The van der Waals surface area contributed by atoms with Crippen LogP contribution in [0, 0.1) is 0 Å².